The minimum absolute atomic E-state index is 0.261. The minimum atomic E-state index is 0.261. The van der Waals surface area contributed by atoms with Crippen molar-refractivity contribution in [3.8, 4) is 0 Å². The van der Waals surface area contributed by atoms with E-state index in [0.29, 0.717) is 5.92 Å². The van der Waals surface area contributed by atoms with Crippen LogP contribution in [0.3, 0.4) is 0 Å². The molecule has 0 heteroatoms. The van der Waals surface area contributed by atoms with Crippen molar-refractivity contribution < 1.29 is 0 Å². The predicted octanol–water partition coefficient (Wildman–Crippen LogP) is 4.11. The first-order valence-electron chi connectivity index (χ1n) is 5.31. The van der Waals surface area contributed by atoms with Crippen molar-refractivity contribution in [3.63, 3.8) is 0 Å². The van der Waals surface area contributed by atoms with Crippen LogP contribution < -0.4 is 0 Å². The second-order valence-electron chi connectivity index (χ2n) is 5.24. The molecule has 2 rings (SSSR count). The Morgan fingerprint density at radius 3 is 2.50 bits per heavy atom. The van der Waals surface area contributed by atoms with E-state index in [1.807, 2.05) is 0 Å². The summed E-state index contributed by atoms with van der Waals surface area (Å²) in [5.74, 6) is 0.590. The van der Waals surface area contributed by atoms with Crippen molar-refractivity contribution in [3.05, 3.63) is 41.0 Å². The third kappa shape index (κ3) is 1.50. The van der Waals surface area contributed by atoms with E-state index in [2.05, 4.69) is 58.0 Å². The molecule has 0 amide bonds. The zero-order valence-corrected chi connectivity index (χ0v) is 9.46. The number of benzene rings is 1. The highest BCUT2D eigenvalue weighted by Gasteiger charge is 2.18. The standard InChI is InChI=1S/C14H18/c1-10-5-6-11-7-8-12(9-13(10)11)14(2,3)4/h5-10H,1-4H3. The Kier molecular flexibility index (Phi) is 2.02. The number of hydrogen-bond acceptors (Lipinski definition) is 0. The Labute approximate surface area is 86.7 Å². The summed E-state index contributed by atoms with van der Waals surface area (Å²) in [5.41, 5.74) is 4.58. The van der Waals surface area contributed by atoms with E-state index in [-0.39, 0.29) is 5.41 Å². The molecule has 0 saturated heterocycles. The molecule has 0 bridgehead atoms. The monoisotopic (exact) mass is 186 g/mol. The number of allylic oxidation sites excluding steroid dienone is 1. The topological polar surface area (TPSA) is 0 Å². The molecule has 0 saturated carbocycles. The first-order valence-corrected chi connectivity index (χ1v) is 5.31. The lowest BCUT2D eigenvalue weighted by atomic mass is 9.84. The van der Waals surface area contributed by atoms with Crippen molar-refractivity contribution in [1.29, 1.82) is 0 Å². The fourth-order valence-corrected chi connectivity index (χ4v) is 1.94. The summed E-state index contributed by atoms with van der Waals surface area (Å²) in [6.45, 7) is 9.06. The molecule has 0 aromatic heterocycles. The van der Waals surface area contributed by atoms with Gasteiger partial charge in [0, 0.05) is 0 Å². The highest BCUT2D eigenvalue weighted by atomic mass is 14.2. The summed E-state index contributed by atoms with van der Waals surface area (Å²) in [7, 11) is 0. The van der Waals surface area contributed by atoms with Crippen LogP contribution in [0.5, 0.6) is 0 Å². The molecule has 0 fully saturated rings. The van der Waals surface area contributed by atoms with E-state index in [9.17, 15) is 0 Å². The molecule has 0 radical (unpaired) electrons. The zero-order valence-electron chi connectivity index (χ0n) is 9.46. The molecule has 0 N–H and O–H groups in total. The Bertz CT molecular complexity index is 378. The van der Waals surface area contributed by atoms with Gasteiger partial charge < -0.3 is 0 Å². The molecule has 0 spiro atoms. The van der Waals surface area contributed by atoms with Crippen molar-refractivity contribution in [2.24, 2.45) is 0 Å². The third-order valence-corrected chi connectivity index (χ3v) is 3.01. The van der Waals surface area contributed by atoms with Crippen LogP contribution in [0.2, 0.25) is 0 Å². The lowest BCUT2D eigenvalue weighted by Crippen LogP contribution is -2.11. The average molecular weight is 186 g/mol. The second-order valence-corrected chi connectivity index (χ2v) is 5.24. The summed E-state index contributed by atoms with van der Waals surface area (Å²) >= 11 is 0. The Morgan fingerprint density at radius 2 is 1.86 bits per heavy atom. The molecule has 1 aliphatic carbocycles. The Balaban J connectivity index is 2.48. The second kappa shape index (κ2) is 2.98. The van der Waals surface area contributed by atoms with Crippen molar-refractivity contribution in [2.45, 2.75) is 39.0 Å². The predicted molar refractivity (Wildman–Crippen MR) is 62.6 cm³/mol. The van der Waals surface area contributed by atoms with Gasteiger partial charge in [-0.1, -0.05) is 58.0 Å². The summed E-state index contributed by atoms with van der Waals surface area (Å²) in [6.07, 6.45) is 4.50. The first kappa shape index (κ1) is 9.51. The lowest BCUT2D eigenvalue weighted by Gasteiger charge is -2.20. The maximum Gasteiger partial charge on any atom is -0.000107 e. The van der Waals surface area contributed by atoms with E-state index in [1.165, 1.54) is 16.7 Å². The van der Waals surface area contributed by atoms with Crippen LogP contribution in [-0.2, 0) is 5.41 Å². The maximum atomic E-state index is 2.36. The highest BCUT2D eigenvalue weighted by Crippen LogP contribution is 2.33. The van der Waals surface area contributed by atoms with Gasteiger partial charge in [-0.2, -0.15) is 0 Å². The molecule has 0 heterocycles. The lowest BCUT2D eigenvalue weighted by molar-refractivity contribution is 0.589. The largest absolute Gasteiger partial charge is 0.0767 e. The van der Waals surface area contributed by atoms with Crippen molar-refractivity contribution in [2.75, 3.05) is 0 Å². The van der Waals surface area contributed by atoms with Gasteiger partial charge in [-0.15, -0.1) is 0 Å². The van der Waals surface area contributed by atoms with Gasteiger partial charge in [-0.25, -0.2) is 0 Å². The van der Waals surface area contributed by atoms with Crippen LogP contribution in [0, 0.1) is 0 Å². The van der Waals surface area contributed by atoms with Crippen LogP contribution >= 0.6 is 0 Å². The molecular weight excluding hydrogens is 168 g/mol. The summed E-state index contributed by atoms with van der Waals surface area (Å²) in [4.78, 5) is 0. The number of hydrogen-bond donors (Lipinski definition) is 0. The molecule has 0 nitrogen and oxygen atoms in total. The van der Waals surface area contributed by atoms with Gasteiger partial charge in [0.1, 0.15) is 0 Å². The Morgan fingerprint density at radius 1 is 1.14 bits per heavy atom. The first-order chi connectivity index (χ1) is 6.48. The quantitative estimate of drug-likeness (QED) is 0.572. The minimum Gasteiger partial charge on any atom is -0.0767 e. The third-order valence-electron chi connectivity index (χ3n) is 3.01. The fourth-order valence-electron chi connectivity index (χ4n) is 1.94. The molecule has 1 atom stereocenters. The van der Waals surface area contributed by atoms with Gasteiger partial charge in [-0.05, 0) is 28.0 Å². The van der Waals surface area contributed by atoms with Crippen LogP contribution in [0.1, 0.15) is 50.3 Å². The molecule has 74 valence electrons. The van der Waals surface area contributed by atoms with Gasteiger partial charge in [0.25, 0.3) is 0 Å². The molecule has 1 aliphatic rings. The average Bonchev–Trinajstić information content (AvgIpc) is 2.46. The molecule has 14 heavy (non-hydrogen) atoms. The van der Waals surface area contributed by atoms with E-state index in [0.717, 1.165) is 0 Å². The van der Waals surface area contributed by atoms with Crippen molar-refractivity contribution >= 4 is 6.08 Å². The van der Waals surface area contributed by atoms with Gasteiger partial charge >= 0.3 is 0 Å². The van der Waals surface area contributed by atoms with Crippen LogP contribution in [0.15, 0.2) is 24.3 Å². The van der Waals surface area contributed by atoms with Crippen molar-refractivity contribution in [1.82, 2.24) is 0 Å². The molecule has 1 aromatic carbocycles. The van der Waals surface area contributed by atoms with E-state index in [4.69, 9.17) is 0 Å². The molecule has 1 aromatic rings. The normalized spacial score (nSPS) is 19.9. The smallest absolute Gasteiger partial charge is 0.000107 e. The van der Waals surface area contributed by atoms with Crippen LogP contribution in [0.25, 0.3) is 6.08 Å². The van der Waals surface area contributed by atoms with Crippen LogP contribution in [0.4, 0.5) is 0 Å². The SMILES string of the molecule is CC1C=Cc2ccc(C(C)(C)C)cc21. The molecule has 1 unspecified atom stereocenters. The van der Waals surface area contributed by atoms with E-state index < -0.39 is 0 Å². The summed E-state index contributed by atoms with van der Waals surface area (Å²) < 4.78 is 0. The van der Waals surface area contributed by atoms with E-state index >= 15 is 0 Å². The van der Waals surface area contributed by atoms with Gasteiger partial charge in [0.05, 0.1) is 0 Å². The molecule has 0 aliphatic heterocycles. The summed E-state index contributed by atoms with van der Waals surface area (Å²) in [6, 6.07) is 6.86. The number of rotatable bonds is 0. The molecular formula is C14H18. The maximum absolute atomic E-state index is 2.36. The van der Waals surface area contributed by atoms with E-state index in [1.54, 1.807) is 0 Å². The zero-order chi connectivity index (χ0) is 10.3. The van der Waals surface area contributed by atoms with Gasteiger partial charge in [-0.3, -0.25) is 0 Å². The van der Waals surface area contributed by atoms with Gasteiger partial charge in [0.2, 0.25) is 0 Å². The Hall–Kier alpha value is -1.04. The van der Waals surface area contributed by atoms with Gasteiger partial charge in [0.15, 0.2) is 0 Å². The van der Waals surface area contributed by atoms with Crippen LogP contribution in [-0.4, -0.2) is 0 Å². The summed E-state index contributed by atoms with van der Waals surface area (Å²) in [5, 5.41) is 0. The number of fused-ring (bicyclic) bond motifs is 1. The highest BCUT2D eigenvalue weighted by molar-refractivity contribution is 5.63. The fraction of sp³-hybridized carbons (Fsp3) is 0.429.